The number of halogens is 1. The van der Waals surface area contributed by atoms with E-state index in [9.17, 15) is 10.1 Å². The molecule has 5 nitrogen and oxygen atoms in total. The Morgan fingerprint density at radius 2 is 1.92 bits per heavy atom. The summed E-state index contributed by atoms with van der Waals surface area (Å²) in [5, 5.41) is 9.44. The molecule has 0 amide bonds. The van der Waals surface area contributed by atoms with Crippen molar-refractivity contribution >= 4 is 0 Å². The first-order valence-corrected chi connectivity index (χ1v) is 12.6. The summed E-state index contributed by atoms with van der Waals surface area (Å²) in [5.74, 6) is 1.16. The molecule has 0 saturated heterocycles. The van der Waals surface area contributed by atoms with Crippen molar-refractivity contribution in [3.8, 4) is 34.1 Å². The maximum Gasteiger partial charge on any atom is 0.281 e. The monoisotopic (exact) mass is 493 g/mol. The number of rotatable bonds is 7. The summed E-state index contributed by atoms with van der Waals surface area (Å²) in [6.45, 7) is 4.90. The fraction of sp³-hybridized carbons (Fsp3) is 0.258. The Labute approximate surface area is 215 Å². The van der Waals surface area contributed by atoms with E-state index in [0.29, 0.717) is 46.7 Å². The lowest BCUT2D eigenvalue weighted by molar-refractivity contribution is 0.357. The molecule has 0 fully saturated rings. The molecule has 0 atom stereocenters. The van der Waals surface area contributed by atoms with Gasteiger partial charge in [-0.3, -0.25) is 4.79 Å². The van der Waals surface area contributed by atoms with Crippen LogP contribution in [0.4, 0.5) is 4.39 Å². The normalized spacial score (nSPS) is 12.2. The molecule has 4 aromatic rings. The standard InChI is InChI=1S/C31H28FN3O2/c1-3-4-9-29-34-31(36)30(23-12-13-28-22(16-23)14-15-37-28)20(2)35(29)19-25-11-10-21(17-27(25)32)26-8-6-5-7-24(26)18-33/h5-8,10-13,16-17H,3-4,9,14-15,19H2,1-2H3. The highest BCUT2D eigenvalue weighted by molar-refractivity contribution is 5.71. The molecule has 6 heteroatoms. The maximum absolute atomic E-state index is 15.4. The van der Waals surface area contributed by atoms with Crippen molar-refractivity contribution in [2.45, 2.75) is 46.1 Å². The van der Waals surface area contributed by atoms with Crippen LogP contribution in [0.1, 0.15) is 48.0 Å². The quantitative estimate of drug-likeness (QED) is 0.306. The highest BCUT2D eigenvalue weighted by Gasteiger charge is 2.20. The molecule has 3 aromatic carbocycles. The average molecular weight is 494 g/mol. The number of benzene rings is 3. The minimum Gasteiger partial charge on any atom is -0.493 e. The van der Waals surface area contributed by atoms with Crippen LogP contribution in [0.15, 0.2) is 65.5 Å². The first-order valence-electron chi connectivity index (χ1n) is 12.6. The van der Waals surface area contributed by atoms with E-state index < -0.39 is 0 Å². The second-order valence-electron chi connectivity index (χ2n) is 9.37. The average Bonchev–Trinajstić information content (AvgIpc) is 3.38. The minimum atomic E-state index is -0.360. The molecule has 5 rings (SSSR count). The van der Waals surface area contributed by atoms with Crippen LogP contribution in [-0.4, -0.2) is 16.2 Å². The van der Waals surface area contributed by atoms with E-state index in [2.05, 4.69) is 18.0 Å². The number of hydrogen-bond acceptors (Lipinski definition) is 4. The SMILES string of the molecule is CCCCc1nc(=O)c(-c2ccc3c(c2)CCO3)c(C)n1Cc1ccc(-c2ccccc2C#N)cc1F. The van der Waals surface area contributed by atoms with E-state index in [1.54, 1.807) is 18.2 Å². The third kappa shape index (κ3) is 4.77. The lowest BCUT2D eigenvalue weighted by atomic mass is 9.98. The van der Waals surface area contributed by atoms with E-state index >= 15 is 4.39 Å². The van der Waals surface area contributed by atoms with Crippen molar-refractivity contribution in [2.75, 3.05) is 6.61 Å². The number of nitrogens with zero attached hydrogens (tertiary/aromatic N) is 3. The largest absolute Gasteiger partial charge is 0.493 e. The molecular formula is C31H28FN3O2. The first-order chi connectivity index (χ1) is 18.0. The summed E-state index contributed by atoms with van der Waals surface area (Å²) in [6, 6.07) is 20.2. The molecule has 37 heavy (non-hydrogen) atoms. The van der Waals surface area contributed by atoms with Gasteiger partial charge in [0.05, 0.1) is 30.3 Å². The second kappa shape index (κ2) is 10.4. The molecule has 0 N–H and O–H groups in total. The zero-order valence-electron chi connectivity index (χ0n) is 21.1. The highest BCUT2D eigenvalue weighted by atomic mass is 19.1. The van der Waals surface area contributed by atoms with Gasteiger partial charge in [-0.1, -0.05) is 49.7 Å². The third-order valence-corrected chi connectivity index (χ3v) is 6.99. The molecular weight excluding hydrogens is 465 g/mol. The van der Waals surface area contributed by atoms with Crippen molar-refractivity contribution in [3.63, 3.8) is 0 Å². The van der Waals surface area contributed by atoms with E-state index in [1.165, 1.54) is 6.07 Å². The van der Waals surface area contributed by atoms with Crippen LogP contribution in [0.2, 0.25) is 0 Å². The van der Waals surface area contributed by atoms with Gasteiger partial charge >= 0.3 is 0 Å². The van der Waals surface area contributed by atoms with Gasteiger partial charge < -0.3 is 9.30 Å². The fourth-order valence-electron chi connectivity index (χ4n) is 4.97. The van der Waals surface area contributed by atoms with Crippen molar-refractivity contribution in [1.82, 2.24) is 9.55 Å². The predicted octanol–water partition coefficient (Wildman–Crippen LogP) is 6.22. The summed E-state index contributed by atoms with van der Waals surface area (Å²) < 4.78 is 23.0. The van der Waals surface area contributed by atoms with Gasteiger partial charge in [0.25, 0.3) is 5.56 Å². The second-order valence-corrected chi connectivity index (χ2v) is 9.37. The molecule has 0 radical (unpaired) electrons. The highest BCUT2D eigenvalue weighted by Crippen LogP contribution is 2.31. The number of aryl methyl sites for hydroxylation is 1. The molecule has 0 saturated carbocycles. The Hall–Kier alpha value is -4.24. The summed E-state index contributed by atoms with van der Waals surface area (Å²) in [5.41, 5.74) is 5.28. The van der Waals surface area contributed by atoms with Crippen molar-refractivity contribution in [2.24, 2.45) is 0 Å². The van der Waals surface area contributed by atoms with Crippen molar-refractivity contribution in [3.05, 3.63) is 105 Å². The molecule has 2 heterocycles. The third-order valence-electron chi connectivity index (χ3n) is 6.99. The fourth-order valence-corrected chi connectivity index (χ4v) is 4.97. The van der Waals surface area contributed by atoms with Gasteiger partial charge in [0.15, 0.2) is 0 Å². The Kier molecular flexibility index (Phi) is 6.87. The van der Waals surface area contributed by atoms with Crippen LogP contribution >= 0.6 is 0 Å². The molecule has 0 aliphatic carbocycles. The Morgan fingerprint density at radius 3 is 2.70 bits per heavy atom. The van der Waals surface area contributed by atoms with E-state index in [1.807, 2.05) is 47.9 Å². The molecule has 1 aliphatic heterocycles. The van der Waals surface area contributed by atoms with Crippen molar-refractivity contribution < 1.29 is 9.13 Å². The van der Waals surface area contributed by atoms with Crippen LogP contribution in [0.3, 0.4) is 0 Å². The number of nitriles is 1. The number of unbranched alkanes of at least 4 members (excludes halogenated alkanes) is 1. The predicted molar refractivity (Wildman–Crippen MR) is 142 cm³/mol. The van der Waals surface area contributed by atoms with E-state index in [-0.39, 0.29) is 17.9 Å². The Balaban J connectivity index is 1.57. The lowest BCUT2D eigenvalue weighted by Crippen LogP contribution is -2.24. The van der Waals surface area contributed by atoms with Gasteiger partial charge in [0, 0.05) is 24.1 Å². The molecule has 186 valence electrons. The van der Waals surface area contributed by atoms with Gasteiger partial charge in [0.2, 0.25) is 0 Å². The van der Waals surface area contributed by atoms with E-state index in [0.717, 1.165) is 41.8 Å². The van der Waals surface area contributed by atoms with Gasteiger partial charge in [-0.15, -0.1) is 0 Å². The molecule has 1 aromatic heterocycles. The van der Waals surface area contributed by atoms with E-state index in [4.69, 9.17) is 4.74 Å². The van der Waals surface area contributed by atoms with Crippen LogP contribution in [0.5, 0.6) is 5.75 Å². The molecule has 0 unspecified atom stereocenters. The van der Waals surface area contributed by atoms with Crippen LogP contribution in [-0.2, 0) is 19.4 Å². The maximum atomic E-state index is 15.4. The minimum absolute atomic E-state index is 0.255. The zero-order valence-corrected chi connectivity index (χ0v) is 21.1. The summed E-state index contributed by atoms with van der Waals surface area (Å²) in [4.78, 5) is 17.7. The number of ether oxygens (including phenoxy) is 1. The van der Waals surface area contributed by atoms with Crippen molar-refractivity contribution in [1.29, 1.82) is 5.26 Å². The summed E-state index contributed by atoms with van der Waals surface area (Å²) in [7, 11) is 0. The lowest BCUT2D eigenvalue weighted by Gasteiger charge is -2.20. The Morgan fingerprint density at radius 1 is 1.11 bits per heavy atom. The summed E-state index contributed by atoms with van der Waals surface area (Å²) in [6.07, 6.45) is 3.29. The van der Waals surface area contributed by atoms with Gasteiger partial charge in [-0.2, -0.15) is 10.2 Å². The molecule has 1 aliphatic rings. The number of fused-ring (bicyclic) bond motifs is 1. The Bertz CT molecular complexity index is 1580. The number of hydrogen-bond donors (Lipinski definition) is 0. The molecule has 0 spiro atoms. The van der Waals surface area contributed by atoms with Gasteiger partial charge in [-0.25, -0.2) is 4.39 Å². The topological polar surface area (TPSA) is 67.9 Å². The smallest absolute Gasteiger partial charge is 0.281 e. The van der Waals surface area contributed by atoms with Gasteiger partial charge in [0.1, 0.15) is 17.4 Å². The van der Waals surface area contributed by atoms with Crippen LogP contribution in [0.25, 0.3) is 22.3 Å². The van der Waals surface area contributed by atoms with Crippen LogP contribution in [0, 0.1) is 24.1 Å². The van der Waals surface area contributed by atoms with Gasteiger partial charge in [-0.05, 0) is 59.9 Å². The first kappa shape index (κ1) is 24.5. The molecule has 0 bridgehead atoms. The number of aromatic nitrogens is 2. The summed E-state index contributed by atoms with van der Waals surface area (Å²) >= 11 is 0. The zero-order chi connectivity index (χ0) is 25.9. The van der Waals surface area contributed by atoms with Crippen LogP contribution < -0.4 is 10.3 Å².